The van der Waals surface area contributed by atoms with Crippen molar-refractivity contribution in [3.05, 3.63) is 0 Å². The van der Waals surface area contributed by atoms with Crippen molar-refractivity contribution < 1.29 is 9.90 Å². The quantitative estimate of drug-likeness (QED) is 0.234. The highest BCUT2D eigenvalue weighted by atomic mass is 16.3. The fourth-order valence-corrected chi connectivity index (χ4v) is 3.02. The van der Waals surface area contributed by atoms with Gasteiger partial charge in [-0.15, -0.1) is 0 Å². The van der Waals surface area contributed by atoms with E-state index < -0.39 is 6.23 Å². The number of aliphatic hydroxyl groups excluding tert-OH is 1. The van der Waals surface area contributed by atoms with Gasteiger partial charge in [-0.25, -0.2) is 0 Å². The van der Waals surface area contributed by atoms with E-state index in [1.54, 1.807) is 0 Å². The number of nitrogens with one attached hydrogen (secondary N) is 1. The maximum Gasteiger partial charge on any atom is 0.221 e. The predicted molar refractivity (Wildman–Crippen MR) is 104 cm³/mol. The molecule has 24 heavy (non-hydrogen) atoms. The zero-order valence-corrected chi connectivity index (χ0v) is 16.5. The summed E-state index contributed by atoms with van der Waals surface area (Å²) in [5.74, 6) is -0.0148. The molecule has 3 nitrogen and oxygen atoms in total. The summed E-state index contributed by atoms with van der Waals surface area (Å²) in [6.45, 7) is 4.13. The molecule has 0 aromatic carbocycles. The molecule has 0 aliphatic carbocycles. The molecule has 0 aromatic heterocycles. The molecule has 0 fully saturated rings. The van der Waals surface area contributed by atoms with E-state index in [1.807, 2.05) is 6.92 Å². The molecule has 0 heterocycles. The van der Waals surface area contributed by atoms with Gasteiger partial charge in [0.1, 0.15) is 6.23 Å². The highest BCUT2D eigenvalue weighted by Gasteiger charge is 2.05. The third kappa shape index (κ3) is 17.8. The topological polar surface area (TPSA) is 49.3 Å². The fourth-order valence-electron chi connectivity index (χ4n) is 3.02. The lowest BCUT2D eigenvalue weighted by atomic mass is 10.0. The second-order valence-electron chi connectivity index (χ2n) is 7.19. The lowest BCUT2D eigenvalue weighted by Crippen LogP contribution is -2.33. The number of carbonyl (C=O) groups excluding carboxylic acids is 1. The molecular weight excluding hydrogens is 298 g/mol. The number of unbranched alkanes of at least 4 members (excludes halogenated alkanes) is 14. The average Bonchev–Trinajstić information content (AvgIpc) is 2.58. The predicted octanol–water partition coefficient (Wildman–Crippen LogP) is 6.09. The smallest absolute Gasteiger partial charge is 0.221 e. The van der Waals surface area contributed by atoms with Gasteiger partial charge >= 0.3 is 0 Å². The van der Waals surface area contributed by atoms with Crippen molar-refractivity contribution in [2.24, 2.45) is 0 Å². The number of rotatable bonds is 18. The Labute approximate surface area is 151 Å². The zero-order valence-electron chi connectivity index (χ0n) is 16.5. The minimum Gasteiger partial charge on any atom is -0.374 e. The van der Waals surface area contributed by atoms with Gasteiger partial charge in [0.05, 0.1) is 0 Å². The van der Waals surface area contributed by atoms with Crippen molar-refractivity contribution in [1.29, 1.82) is 0 Å². The van der Waals surface area contributed by atoms with E-state index in [1.165, 1.54) is 83.5 Å². The summed E-state index contributed by atoms with van der Waals surface area (Å²) in [4.78, 5) is 11.5. The lowest BCUT2D eigenvalue weighted by molar-refractivity contribution is -0.124. The molecule has 3 heteroatoms. The van der Waals surface area contributed by atoms with E-state index in [-0.39, 0.29) is 5.91 Å². The van der Waals surface area contributed by atoms with Crippen LogP contribution in [0.25, 0.3) is 0 Å². The first-order valence-corrected chi connectivity index (χ1v) is 10.7. The average molecular weight is 342 g/mol. The highest BCUT2D eigenvalue weighted by molar-refractivity contribution is 5.75. The molecule has 0 aliphatic heterocycles. The zero-order chi connectivity index (χ0) is 17.9. The number of carbonyl (C=O) groups is 1. The van der Waals surface area contributed by atoms with E-state index in [9.17, 15) is 9.90 Å². The SMILES string of the molecule is CCCCCCCCCCCCCCCCCC(=O)NC(O)CC. The molecule has 0 aliphatic rings. The Balaban J connectivity index is 3.11. The van der Waals surface area contributed by atoms with Gasteiger partial charge < -0.3 is 10.4 Å². The summed E-state index contributed by atoms with van der Waals surface area (Å²) in [7, 11) is 0. The summed E-state index contributed by atoms with van der Waals surface area (Å²) in [6.07, 6.45) is 20.5. The van der Waals surface area contributed by atoms with E-state index >= 15 is 0 Å². The summed E-state index contributed by atoms with van der Waals surface area (Å²) in [5.41, 5.74) is 0. The molecule has 1 amide bonds. The van der Waals surface area contributed by atoms with E-state index in [0.717, 1.165) is 12.8 Å². The second kappa shape index (κ2) is 18.8. The van der Waals surface area contributed by atoms with Crippen LogP contribution in [0.2, 0.25) is 0 Å². The van der Waals surface area contributed by atoms with Crippen LogP contribution in [-0.2, 0) is 4.79 Å². The maximum atomic E-state index is 11.5. The van der Waals surface area contributed by atoms with Crippen LogP contribution in [-0.4, -0.2) is 17.2 Å². The van der Waals surface area contributed by atoms with Gasteiger partial charge in [0, 0.05) is 6.42 Å². The van der Waals surface area contributed by atoms with Gasteiger partial charge in [-0.2, -0.15) is 0 Å². The van der Waals surface area contributed by atoms with Crippen molar-refractivity contribution in [2.75, 3.05) is 0 Å². The van der Waals surface area contributed by atoms with Crippen LogP contribution in [0.3, 0.4) is 0 Å². The molecule has 1 unspecified atom stereocenters. The van der Waals surface area contributed by atoms with Crippen molar-refractivity contribution in [2.45, 2.75) is 129 Å². The van der Waals surface area contributed by atoms with Crippen LogP contribution in [0.4, 0.5) is 0 Å². The fraction of sp³-hybridized carbons (Fsp3) is 0.952. The maximum absolute atomic E-state index is 11.5. The molecular formula is C21H43NO2. The molecule has 1 atom stereocenters. The number of hydrogen-bond donors (Lipinski definition) is 2. The van der Waals surface area contributed by atoms with Gasteiger partial charge in [0.15, 0.2) is 0 Å². The summed E-state index contributed by atoms with van der Waals surface area (Å²) in [5, 5.41) is 11.9. The molecule has 0 radical (unpaired) electrons. The summed E-state index contributed by atoms with van der Waals surface area (Å²) >= 11 is 0. The van der Waals surface area contributed by atoms with Gasteiger partial charge in [-0.3, -0.25) is 4.79 Å². The number of hydrogen-bond acceptors (Lipinski definition) is 2. The van der Waals surface area contributed by atoms with Crippen LogP contribution in [0.15, 0.2) is 0 Å². The summed E-state index contributed by atoms with van der Waals surface area (Å²) in [6, 6.07) is 0. The minimum absolute atomic E-state index is 0.0148. The van der Waals surface area contributed by atoms with Crippen molar-refractivity contribution >= 4 is 5.91 Å². The molecule has 0 bridgehead atoms. The third-order valence-corrected chi connectivity index (χ3v) is 4.72. The Morgan fingerprint density at radius 2 is 1.08 bits per heavy atom. The first kappa shape index (κ1) is 23.4. The minimum atomic E-state index is -0.672. The van der Waals surface area contributed by atoms with E-state index in [0.29, 0.717) is 12.8 Å². The summed E-state index contributed by atoms with van der Waals surface area (Å²) < 4.78 is 0. The molecule has 144 valence electrons. The van der Waals surface area contributed by atoms with Crippen molar-refractivity contribution in [3.63, 3.8) is 0 Å². The Kier molecular flexibility index (Phi) is 18.3. The van der Waals surface area contributed by atoms with Crippen LogP contribution in [0.5, 0.6) is 0 Å². The van der Waals surface area contributed by atoms with Crippen LogP contribution in [0.1, 0.15) is 123 Å². The Morgan fingerprint density at radius 1 is 0.708 bits per heavy atom. The molecule has 0 rings (SSSR count). The van der Waals surface area contributed by atoms with Crippen molar-refractivity contribution in [1.82, 2.24) is 5.32 Å². The van der Waals surface area contributed by atoms with E-state index in [4.69, 9.17) is 0 Å². The normalized spacial score (nSPS) is 12.3. The van der Waals surface area contributed by atoms with E-state index in [2.05, 4.69) is 12.2 Å². The molecule has 2 N–H and O–H groups in total. The second-order valence-corrected chi connectivity index (χ2v) is 7.19. The van der Waals surface area contributed by atoms with Gasteiger partial charge in [-0.05, 0) is 12.8 Å². The van der Waals surface area contributed by atoms with Crippen molar-refractivity contribution in [3.8, 4) is 0 Å². The van der Waals surface area contributed by atoms with Crippen LogP contribution < -0.4 is 5.32 Å². The number of aliphatic hydroxyl groups is 1. The number of amides is 1. The largest absolute Gasteiger partial charge is 0.374 e. The Morgan fingerprint density at radius 3 is 1.46 bits per heavy atom. The van der Waals surface area contributed by atoms with Crippen LogP contribution in [0, 0.1) is 0 Å². The monoisotopic (exact) mass is 341 g/mol. The molecule has 0 saturated heterocycles. The van der Waals surface area contributed by atoms with Gasteiger partial charge in [0.25, 0.3) is 0 Å². The highest BCUT2D eigenvalue weighted by Crippen LogP contribution is 2.13. The third-order valence-electron chi connectivity index (χ3n) is 4.72. The first-order valence-electron chi connectivity index (χ1n) is 10.7. The Bertz CT molecular complexity index is 269. The van der Waals surface area contributed by atoms with Gasteiger partial charge in [-0.1, -0.05) is 104 Å². The first-order chi connectivity index (χ1) is 11.7. The molecule has 0 aromatic rings. The molecule has 0 saturated carbocycles. The lowest BCUT2D eigenvalue weighted by Gasteiger charge is -2.10. The standard InChI is InChI=1S/C21H43NO2/c1-3-5-6-7-8-9-10-11-12-13-14-15-16-17-18-19-21(24)22-20(23)4-2/h20,23H,3-19H2,1-2H3,(H,22,24). The molecule has 0 spiro atoms. The van der Waals surface area contributed by atoms with Gasteiger partial charge in [0.2, 0.25) is 5.91 Å². The Hall–Kier alpha value is -0.570. The van der Waals surface area contributed by atoms with Crippen LogP contribution >= 0.6 is 0 Å².